The molecule has 4 nitrogen and oxygen atoms in total. The summed E-state index contributed by atoms with van der Waals surface area (Å²) in [5, 5.41) is 2.18. The molecule has 0 radical (unpaired) electrons. The predicted molar refractivity (Wildman–Crippen MR) is 66.9 cm³/mol. The molecule has 0 aliphatic carbocycles. The van der Waals surface area contributed by atoms with Crippen LogP contribution < -0.4 is 5.32 Å². The van der Waals surface area contributed by atoms with Crippen molar-refractivity contribution in [1.82, 2.24) is 10.2 Å². The van der Waals surface area contributed by atoms with Crippen LogP contribution in [0.25, 0.3) is 0 Å². The van der Waals surface area contributed by atoms with E-state index in [4.69, 9.17) is 11.6 Å². The van der Waals surface area contributed by atoms with Crippen molar-refractivity contribution in [3.05, 3.63) is 35.4 Å². The fraction of sp³-hybridized carbons (Fsp3) is 0.333. The van der Waals surface area contributed by atoms with Crippen molar-refractivity contribution in [1.29, 1.82) is 0 Å². The fourth-order valence-corrected chi connectivity index (χ4v) is 1.35. The van der Waals surface area contributed by atoms with Crippen LogP contribution in [0.4, 0.5) is 4.79 Å². The number of carbonyl (C=O) groups excluding carboxylic acids is 2. The average molecular weight is 255 g/mol. The van der Waals surface area contributed by atoms with Gasteiger partial charge in [-0.1, -0.05) is 29.8 Å². The predicted octanol–water partition coefficient (Wildman–Crippen LogP) is 1.90. The van der Waals surface area contributed by atoms with Gasteiger partial charge >= 0.3 is 6.03 Å². The Labute approximate surface area is 106 Å². The van der Waals surface area contributed by atoms with Crippen molar-refractivity contribution >= 4 is 23.5 Å². The first kappa shape index (κ1) is 13.5. The highest BCUT2D eigenvalue weighted by molar-refractivity contribution is 6.28. The van der Waals surface area contributed by atoms with Crippen molar-refractivity contribution in [2.45, 2.75) is 13.5 Å². The minimum Gasteiger partial charge on any atom is -0.323 e. The molecule has 92 valence electrons. The van der Waals surface area contributed by atoms with Crippen LogP contribution in [0, 0.1) is 6.92 Å². The molecule has 1 rings (SSSR count). The molecule has 1 aromatic rings. The normalized spacial score (nSPS) is 9.82. The number of amides is 3. The Morgan fingerprint density at radius 3 is 2.41 bits per heavy atom. The zero-order valence-corrected chi connectivity index (χ0v) is 10.6. The lowest BCUT2D eigenvalue weighted by Gasteiger charge is -2.17. The molecule has 17 heavy (non-hydrogen) atoms. The van der Waals surface area contributed by atoms with Gasteiger partial charge in [0.05, 0.1) is 0 Å². The summed E-state index contributed by atoms with van der Waals surface area (Å²) in [7, 11) is 1.62. The van der Waals surface area contributed by atoms with E-state index in [-0.39, 0.29) is 5.88 Å². The van der Waals surface area contributed by atoms with Crippen LogP contribution in [0.3, 0.4) is 0 Å². The molecular weight excluding hydrogens is 240 g/mol. The van der Waals surface area contributed by atoms with E-state index in [1.807, 2.05) is 31.2 Å². The number of urea groups is 1. The number of imide groups is 1. The van der Waals surface area contributed by atoms with Gasteiger partial charge in [0.1, 0.15) is 5.88 Å². The summed E-state index contributed by atoms with van der Waals surface area (Å²) in [5.41, 5.74) is 2.17. The Morgan fingerprint density at radius 2 is 1.88 bits per heavy atom. The van der Waals surface area contributed by atoms with E-state index in [0.717, 1.165) is 11.1 Å². The van der Waals surface area contributed by atoms with Gasteiger partial charge in [-0.25, -0.2) is 4.79 Å². The zero-order chi connectivity index (χ0) is 12.8. The zero-order valence-electron chi connectivity index (χ0n) is 9.87. The highest BCUT2D eigenvalue weighted by Gasteiger charge is 2.11. The Bertz CT molecular complexity index is 403. The second-order valence-electron chi connectivity index (χ2n) is 3.83. The first-order valence-electron chi connectivity index (χ1n) is 5.19. The summed E-state index contributed by atoms with van der Waals surface area (Å²) in [6.07, 6.45) is 0. The van der Waals surface area contributed by atoms with Gasteiger partial charge < -0.3 is 4.90 Å². The van der Waals surface area contributed by atoms with Crippen LogP contribution in [0.5, 0.6) is 0 Å². The smallest absolute Gasteiger partial charge is 0.323 e. The van der Waals surface area contributed by atoms with E-state index >= 15 is 0 Å². The minimum absolute atomic E-state index is 0.218. The molecule has 0 spiro atoms. The second-order valence-corrected chi connectivity index (χ2v) is 4.10. The van der Waals surface area contributed by atoms with Crippen molar-refractivity contribution < 1.29 is 9.59 Å². The molecule has 5 heteroatoms. The quantitative estimate of drug-likeness (QED) is 0.838. The van der Waals surface area contributed by atoms with E-state index in [2.05, 4.69) is 5.32 Å². The van der Waals surface area contributed by atoms with Crippen LogP contribution in [-0.4, -0.2) is 29.8 Å². The number of rotatable bonds is 3. The van der Waals surface area contributed by atoms with Gasteiger partial charge in [-0.05, 0) is 12.5 Å². The summed E-state index contributed by atoms with van der Waals surface area (Å²) < 4.78 is 0. The van der Waals surface area contributed by atoms with Crippen LogP contribution >= 0.6 is 11.6 Å². The van der Waals surface area contributed by atoms with E-state index in [9.17, 15) is 9.59 Å². The van der Waals surface area contributed by atoms with Crippen LogP contribution in [-0.2, 0) is 11.3 Å². The van der Waals surface area contributed by atoms with Gasteiger partial charge in [-0.15, -0.1) is 11.6 Å². The Morgan fingerprint density at radius 1 is 1.29 bits per heavy atom. The van der Waals surface area contributed by atoms with Crippen LogP contribution in [0.15, 0.2) is 24.3 Å². The number of benzene rings is 1. The molecule has 0 atom stereocenters. The van der Waals surface area contributed by atoms with Crippen molar-refractivity contribution in [2.75, 3.05) is 12.9 Å². The molecule has 0 aliphatic rings. The van der Waals surface area contributed by atoms with Crippen molar-refractivity contribution in [2.24, 2.45) is 0 Å². The Balaban J connectivity index is 2.54. The van der Waals surface area contributed by atoms with Crippen LogP contribution in [0.1, 0.15) is 11.1 Å². The van der Waals surface area contributed by atoms with Gasteiger partial charge in [0.25, 0.3) is 0 Å². The third kappa shape index (κ3) is 4.44. The first-order valence-corrected chi connectivity index (χ1v) is 5.73. The molecule has 0 saturated heterocycles. The number of hydrogen-bond donors (Lipinski definition) is 1. The van der Waals surface area contributed by atoms with Gasteiger partial charge in [0.15, 0.2) is 0 Å². The van der Waals surface area contributed by atoms with Gasteiger partial charge in [0, 0.05) is 13.6 Å². The average Bonchev–Trinajstić information content (AvgIpc) is 2.31. The number of hydrogen-bond acceptors (Lipinski definition) is 2. The van der Waals surface area contributed by atoms with E-state index < -0.39 is 11.9 Å². The first-order chi connectivity index (χ1) is 8.02. The molecular formula is C12H15ClN2O2. The maximum absolute atomic E-state index is 11.5. The van der Waals surface area contributed by atoms with Gasteiger partial charge in [-0.2, -0.15) is 0 Å². The Hall–Kier alpha value is -1.55. The number of nitrogens with one attached hydrogen (secondary N) is 1. The van der Waals surface area contributed by atoms with Crippen molar-refractivity contribution in [3.8, 4) is 0 Å². The SMILES string of the molecule is Cc1ccc(CN(C)C(=O)NC(=O)CCl)cc1. The maximum atomic E-state index is 11.5. The summed E-state index contributed by atoms with van der Waals surface area (Å²) in [6.45, 7) is 2.45. The highest BCUT2D eigenvalue weighted by Crippen LogP contribution is 2.05. The monoisotopic (exact) mass is 254 g/mol. The molecule has 0 saturated carbocycles. The molecule has 1 N–H and O–H groups in total. The summed E-state index contributed by atoms with van der Waals surface area (Å²) in [5.74, 6) is -0.711. The van der Waals surface area contributed by atoms with E-state index in [1.165, 1.54) is 4.90 Å². The number of aryl methyl sites for hydroxylation is 1. The lowest BCUT2D eigenvalue weighted by Crippen LogP contribution is -2.40. The molecule has 0 bridgehead atoms. The molecule has 0 heterocycles. The number of halogens is 1. The third-order valence-corrected chi connectivity index (χ3v) is 2.50. The molecule has 0 fully saturated rings. The van der Waals surface area contributed by atoms with Gasteiger partial charge in [0.2, 0.25) is 5.91 Å². The topological polar surface area (TPSA) is 49.4 Å². The largest absolute Gasteiger partial charge is 0.324 e. The van der Waals surface area contributed by atoms with Gasteiger partial charge in [-0.3, -0.25) is 10.1 Å². The molecule has 0 aromatic heterocycles. The molecule has 0 unspecified atom stereocenters. The maximum Gasteiger partial charge on any atom is 0.324 e. The van der Waals surface area contributed by atoms with E-state index in [1.54, 1.807) is 7.05 Å². The third-order valence-electron chi connectivity index (χ3n) is 2.25. The van der Waals surface area contributed by atoms with E-state index in [0.29, 0.717) is 6.54 Å². The van der Waals surface area contributed by atoms with Crippen LogP contribution in [0.2, 0.25) is 0 Å². The number of nitrogens with zero attached hydrogens (tertiary/aromatic N) is 1. The molecule has 3 amide bonds. The molecule has 0 aliphatic heterocycles. The summed E-state index contributed by atoms with van der Waals surface area (Å²) in [6, 6.07) is 7.40. The lowest BCUT2D eigenvalue weighted by atomic mass is 10.1. The summed E-state index contributed by atoms with van der Waals surface area (Å²) >= 11 is 5.30. The minimum atomic E-state index is -0.493. The van der Waals surface area contributed by atoms with Crippen molar-refractivity contribution in [3.63, 3.8) is 0 Å². The summed E-state index contributed by atoms with van der Waals surface area (Å²) in [4.78, 5) is 23.9. The fourth-order valence-electron chi connectivity index (χ4n) is 1.29. The molecule has 1 aromatic carbocycles. The second kappa shape index (κ2) is 6.25. The number of carbonyl (C=O) groups is 2. The lowest BCUT2D eigenvalue weighted by molar-refractivity contribution is -0.117. The highest BCUT2D eigenvalue weighted by atomic mass is 35.5. The number of alkyl halides is 1. The Kier molecular flexibility index (Phi) is 4.97. The standard InChI is InChI=1S/C12H15ClN2O2/c1-9-3-5-10(6-4-9)8-15(2)12(17)14-11(16)7-13/h3-6H,7-8H2,1-2H3,(H,14,16,17).